The van der Waals surface area contributed by atoms with Gasteiger partial charge in [-0.15, -0.1) is 0 Å². The van der Waals surface area contributed by atoms with Gasteiger partial charge in [0.1, 0.15) is 5.82 Å². The Morgan fingerprint density at radius 1 is 1.32 bits per heavy atom. The quantitative estimate of drug-likeness (QED) is 0.783. The van der Waals surface area contributed by atoms with Gasteiger partial charge in [0.15, 0.2) is 6.61 Å². The van der Waals surface area contributed by atoms with E-state index in [-0.39, 0.29) is 23.9 Å². The van der Waals surface area contributed by atoms with Gasteiger partial charge < -0.3 is 9.64 Å². The van der Waals surface area contributed by atoms with Crippen molar-refractivity contribution >= 4 is 11.9 Å². The van der Waals surface area contributed by atoms with E-state index in [1.54, 1.807) is 26.2 Å². The maximum Gasteiger partial charge on any atom is 0.341 e. The highest BCUT2D eigenvalue weighted by Gasteiger charge is 2.14. The summed E-state index contributed by atoms with van der Waals surface area (Å²) in [6.45, 7) is -0.0466. The van der Waals surface area contributed by atoms with E-state index in [1.165, 1.54) is 34.1 Å². The number of aromatic nitrogens is 2. The number of esters is 1. The first-order chi connectivity index (χ1) is 10.5. The van der Waals surface area contributed by atoms with Gasteiger partial charge >= 0.3 is 5.97 Å². The van der Waals surface area contributed by atoms with E-state index in [0.717, 1.165) is 5.56 Å². The first-order valence-electron chi connectivity index (χ1n) is 6.60. The van der Waals surface area contributed by atoms with Crippen molar-refractivity contribution in [1.82, 2.24) is 14.7 Å². The molecular formula is C15H16FN3O3. The van der Waals surface area contributed by atoms with Crippen LogP contribution in [0.2, 0.25) is 0 Å². The summed E-state index contributed by atoms with van der Waals surface area (Å²) in [7, 11) is 3.27. The number of carbonyl (C=O) groups excluding carboxylic acids is 2. The predicted molar refractivity (Wildman–Crippen MR) is 76.4 cm³/mol. The second-order valence-electron chi connectivity index (χ2n) is 4.86. The molecule has 1 aromatic carbocycles. The van der Waals surface area contributed by atoms with Crippen molar-refractivity contribution < 1.29 is 18.7 Å². The Morgan fingerprint density at radius 3 is 2.59 bits per heavy atom. The maximum atomic E-state index is 12.8. The molecule has 1 heterocycles. The molecule has 0 atom stereocenters. The normalized spacial score (nSPS) is 10.3. The SMILES string of the molecule is CN(Cc1ccc(F)cc1)C(=O)COC(=O)c1cnn(C)c1. The molecule has 0 bridgehead atoms. The third kappa shape index (κ3) is 4.15. The van der Waals surface area contributed by atoms with E-state index >= 15 is 0 Å². The molecule has 0 saturated heterocycles. The summed E-state index contributed by atoms with van der Waals surface area (Å²) >= 11 is 0. The molecule has 7 heteroatoms. The number of rotatable bonds is 5. The summed E-state index contributed by atoms with van der Waals surface area (Å²) in [6.07, 6.45) is 2.88. The molecule has 0 aliphatic rings. The van der Waals surface area contributed by atoms with Crippen LogP contribution in [-0.4, -0.2) is 40.2 Å². The number of nitrogens with zero attached hydrogens (tertiary/aromatic N) is 3. The average molecular weight is 305 g/mol. The topological polar surface area (TPSA) is 64.4 Å². The molecular weight excluding hydrogens is 289 g/mol. The number of amides is 1. The highest BCUT2D eigenvalue weighted by molar-refractivity contribution is 5.90. The van der Waals surface area contributed by atoms with Gasteiger partial charge in [0.25, 0.3) is 5.91 Å². The van der Waals surface area contributed by atoms with Crippen molar-refractivity contribution in [2.45, 2.75) is 6.54 Å². The number of halogens is 1. The number of aryl methyl sites for hydroxylation is 1. The summed E-state index contributed by atoms with van der Waals surface area (Å²) in [5, 5.41) is 3.85. The smallest absolute Gasteiger partial charge is 0.341 e. The van der Waals surface area contributed by atoms with Gasteiger partial charge in [0, 0.05) is 26.8 Å². The van der Waals surface area contributed by atoms with Gasteiger partial charge in [-0.2, -0.15) is 5.10 Å². The number of hydrogen-bond acceptors (Lipinski definition) is 4. The first kappa shape index (κ1) is 15.7. The summed E-state index contributed by atoms with van der Waals surface area (Å²) in [5.41, 5.74) is 1.08. The third-order valence-corrected chi connectivity index (χ3v) is 3.03. The average Bonchev–Trinajstić information content (AvgIpc) is 2.93. The molecule has 116 valence electrons. The molecule has 6 nitrogen and oxygen atoms in total. The third-order valence-electron chi connectivity index (χ3n) is 3.03. The number of likely N-dealkylation sites (N-methyl/N-ethyl adjacent to an activating group) is 1. The molecule has 1 aromatic heterocycles. The maximum absolute atomic E-state index is 12.8. The van der Waals surface area contributed by atoms with Gasteiger partial charge in [0.2, 0.25) is 0 Å². The fourth-order valence-corrected chi connectivity index (χ4v) is 1.80. The van der Waals surface area contributed by atoms with E-state index in [9.17, 15) is 14.0 Å². The van der Waals surface area contributed by atoms with Gasteiger partial charge in [-0.1, -0.05) is 12.1 Å². The number of hydrogen-bond donors (Lipinski definition) is 0. The van der Waals surface area contributed by atoms with Crippen LogP contribution in [0.3, 0.4) is 0 Å². The van der Waals surface area contributed by atoms with Gasteiger partial charge in [-0.05, 0) is 17.7 Å². The summed E-state index contributed by atoms with van der Waals surface area (Å²) < 4.78 is 19.2. The van der Waals surface area contributed by atoms with Crippen LogP contribution in [0.1, 0.15) is 15.9 Å². The van der Waals surface area contributed by atoms with Crippen LogP contribution < -0.4 is 0 Å². The first-order valence-corrected chi connectivity index (χ1v) is 6.60. The van der Waals surface area contributed by atoms with Crippen molar-refractivity contribution in [2.24, 2.45) is 7.05 Å². The highest BCUT2D eigenvalue weighted by Crippen LogP contribution is 2.06. The van der Waals surface area contributed by atoms with Crippen LogP contribution in [0, 0.1) is 5.82 Å². The summed E-state index contributed by atoms with van der Waals surface area (Å²) in [5.74, 6) is -1.28. The lowest BCUT2D eigenvalue weighted by molar-refractivity contribution is -0.133. The van der Waals surface area contributed by atoms with E-state index in [4.69, 9.17) is 4.74 Å². The molecule has 1 amide bonds. The van der Waals surface area contributed by atoms with Crippen LogP contribution >= 0.6 is 0 Å². The summed E-state index contributed by atoms with van der Waals surface area (Å²) in [6, 6.07) is 5.85. The second kappa shape index (κ2) is 6.84. The molecule has 0 fully saturated rings. The fraction of sp³-hybridized carbons (Fsp3) is 0.267. The molecule has 0 radical (unpaired) electrons. The molecule has 0 unspecified atom stereocenters. The zero-order valence-corrected chi connectivity index (χ0v) is 12.3. The van der Waals surface area contributed by atoms with E-state index in [1.807, 2.05) is 0 Å². The van der Waals surface area contributed by atoms with Crippen LogP contribution in [0.4, 0.5) is 4.39 Å². The Hall–Kier alpha value is -2.70. The Morgan fingerprint density at radius 2 is 2.00 bits per heavy atom. The van der Waals surface area contributed by atoms with Gasteiger partial charge in [-0.25, -0.2) is 9.18 Å². The van der Waals surface area contributed by atoms with Gasteiger partial charge in [-0.3, -0.25) is 9.48 Å². The van der Waals surface area contributed by atoms with Crippen molar-refractivity contribution in [3.63, 3.8) is 0 Å². The Balaban J connectivity index is 1.83. The second-order valence-corrected chi connectivity index (χ2v) is 4.86. The predicted octanol–water partition coefficient (Wildman–Crippen LogP) is 1.37. The number of ether oxygens (including phenoxy) is 1. The van der Waals surface area contributed by atoms with Crippen molar-refractivity contribution in [2.75, 3.05) is 13.7 Å². The van der Waals surface area contributed by atoms with Crippen LogP contribution in [-0.2, 0) is 23.1 Å². The minimum atomic E-state index is -0.600. The molecule has 0 spiro atoms. The minimum Gasteiger partial charge on any atom is -0.452 e. The molecule has 2 aromatic rings. The van der Waals surface area contributed by atoms with Crippen LogP contribution in [0.15, 0.2) is 36.7 Å². The van der Waals surface area contributed by atoms with E-state index in [0.29, 0.717) is 6.54 Å². The minimum absolute atomic E-state index is 0.288. The largest absolute Gasteiger partial charge is 0.452 e. The molecule has 0 N–H and O–H groups in total. The lowest BCUT2D eigenvalue weighted by atomic mass is 10.2. The standard InChI is InChI=1S/C15H16FN3O3/c1-18(8-11-3-5-13(16)6-4-11)14(20)10-22-15(21)12-7-17-19(2)9-12/h3-7,9H,8,10H2,1-2H3. The molecule has 22 heavy (non-hydrogen) atoms. The molecule has 0 aliphatic heterocycles. The lowest BCUT2D eigenvalue weighted by Gasteiger charge is -2.17. The Kier molecular flexibility index (Phi) is 4.88. The molecule has 0 aliphatic carbocycles. The molecule has 0 saturated carbocycles. The summed E-state index contributed by atoms with van der Waals surface area (Å²) in [4.78, 5) is 25.0. The zero-order valence-electron chi connectivity index (χ0n) is 12.3. The Labute approximate surface area is 127 Å². The van der Waals surface area contributed by atoms with Crippen LogP contribution in [0.5, 0.6) is 0 Å². The van der Waals surface area contributed by atoms with Crippen molar-refractivity contribution in [3.8, 4) is 0 Å². The zero-order chi connectivity index (χ0) is 16.1. The highest BCUT2D eigenvalue weighted by atomic mass is 19.1. The van der Waals surface area contributed by atoms with Crippen LogP contribution in [0.25, 0.3) is 0 Å². The van der Waals surface area contributed by atoms with Crippen molar-refractivity contribution in [3.05, 3.63) is 53.6 Å². The van der Waals surface area contributed by atoms with E-state index < -0.39 is 5.97 Å². The monoisotopic (exact) mass is 305 g/mol. The Bertz CT molecular complexity index is 667. The van der Waals surface area contributed by atoms with E-state index in [2.05, 4.69) is 5.10 Å². The number of benzene rings is 1. The molecule has 2 rings (SSSR count). The van der Waals surface area contributed by atoms with Gasteiger partial charge in [0.05, 0.1) is 11.8 Å². The number of carbonyl (C=O) groups is 2. The fourth-order valence-electron chi connectivity index (χ4n) is 1.80. The lowest BCUT2D eigenvalue weighted by Crippen LogP contribution is -2.30. The van der Waals surface area contributed by atoms with Crippen molar-refractivity contribution in [1.29, 1.82) is 0 Å².